The van der Waals surface area contributed by atoms with Crippen molar-refractivity contribution in [2.24, 2.45) is 11.7 Å². The quantitative estimate of drug-likeness (QED) is 0.453. The molecule has 0 atom stereocenters. The molecule has 0 radical (unpaired) electrons. The number of unbranched alkanes of at least 4 members (excludes halogenated alkanes) is 1. The van der Waals surface area contributed by atoms with E-state index < -0.39 is 0 Å². The summed E-state index contributed by atoms with van der Waals surface area (Å²) >= 11 is 0. The van der Waals surface area contributed by atoms with E-state index in [1.165, 1.54) is 0 Å². The summed E-state index contributed by atoms with van der Waals surface area (Å²) in [5.41, 5.74) is 5.31. The maximum atomic E-state index is 5.31. The zero-order chi connectivity index (χ0) is 7.11. The molecule has 1 nitrogen and oxygen atoms in total. The maximum Gasteiger partial charge on any atom is -0.00743 e. The Kier molecular flexibility index (Phi) is 5.64. The largest absolute Gasteiger partial charge is 0.330 e. The predicted molar refractivity (Wildman–Crippen MR) is 42.3 cm³/mol. The molecule has 0 bridgehead atoms. The predicted octanol–water partition coefficient (Wildman–Crippen LogP) is 1.94. The lowest BCUT2D eigenvalue weighted by Crippen LogP contribution is -1.96. The first-order valence-electron chi connectivity index (χ1n) is 3.64. The normalized spacial score (nSPS) is 11.6. The smallest absolute Gasteiger partial charge is 0.00743 e. The minimum atomic E-state index is 0.683. The molecule has 1 heteroatoms. The van der Waals surface area contributed by atoms with E-state index in [0.717, 1.165) is 19.4 Å². The van der Waals surface area contributed by atoms with Crippen molar-refractivity contribution in [2.45, 2.75) is 26.7 Å². The average Bonchev–Trinajstić information content (AvgIpc) is 1.80. The topological polar surface area (TPSA) is 26.0 Å². The van der Waals surface area contributed by atoms with Crippen LogP contribution in [0.2, 0.25) is 0 Å². The number of hydrogen-bond donors (Lipinski definition) is 1. The monoisotopic (exact) mass is 127 g/mol. The highest BCUT2D eigenvalue weighted by atomic mass is 14.5. The fourth-order valence-corrected chi connectivity index (χ4v) is 0.604. The molecule has 0 saturated carbocycles. The van der Waals surface area contributed by atoms with Crippen molar-refractivity contribution in [1.29, 1.82) is 0 Å². The number of nitrogens with two attached hydrogens (primary N) is 1. The van der Waals surface area contributed by atoms with Crippen molar-refractivity contribution < 1.29 is 0 Å². The SMILES string of the molecule is CC(C)/C=C\CCCN. The highest BCUT2D eigenvalue weighted by Gasteiger charge is 1.82. The van der Waals surface area contributed by atoms with Gasteiger partial charge in [-0.15, -0.1) is 0 Å². The van der Waals surface area contributed by atoms with Gasteiger partial charge < -0.3 is 5.73 Å². The third-order valence-corrected chi connectivity index (χ3v) is 1.10. The second-order valence-electron chi connectivity index (χ2n) is 2.60. The fourth-order valence-electron chi connectivity index (χ4n) is 0.604. The third kappa shape index (κ3) is 7.70. The van der Waals surface area contributed by atoms with Crippen LogP contribution in [0.1, 0.15) is 26.7 Å². The molecule has 0 amide bonds. The van der Waals surface area contributed by atoms with Crippen LogP contribution in [0.15, 0.2) is 12.2 Å². The van der Waals surface area contributed by atoms with E-state index in [0.29, 0.717) is 5.92 Å². The molecule has 0 saturated heterocycles. The van der Waals surface area contributed by atoms with Gasteiger partial charge in [-0.3, -0.25) is 0 Å². The molecule has 0 aromatic rings. The molecule has 0 heterocycles. The van der Waals surface area contributed by atoms with E-state index >= 15 is 0 Å². The van der Waals surface area contributed by atoms with Crippen LogP contribution >= 0.6 is 0 Å². The Hall–Kier alpha value is -0.300. The standard InChI is InChI=1S/C8H17N/c1-8(2)6-4-3-5-7-9/h4,6,8H,3,5,7,9H2,1-2H3/b6-4-. The number of rotatable bonds is 4. The molecule has 54 valence electrons. The first kappa shape index (κ1) is 8.70. The van der Waals surface area contributed by atoms with Gasteiger partial charge >= 0.3 is 0 Å². The van der Waals surface area contributed by atoms with Gasteiger partial charge in [0, 0.05) is 0 Å². The Morgan fingerprint density at radius 2 is 2.11 bits per heavy atom. The van der Waals surface area contributed by atoms with E-state index in [4.69, 9.17) is 5.73 Å². The minimum Gasteiger partial charge on any atom is -0.330 e. The first-order valence-corrected chi connectivity index (χ1v) is 3.64. The molecular formula is C8H17N. The Bertz CT molecular complexity index is 74.6. The van der Waals surface area contributed by atoms with Gasteiger partial charge in [-0.25, -0.2) is 0 Å². The van der Waals surface area contributed by atoms with Crippen LogP contribution in [0, 0.1) is 5.92 Å². The molecular weight excluding hydrogens is 110 g/mol. The Morgan fingerprint density at radius 3 is 2.56 bits per heavy atom. The first-order chi connectivity index (χ1) is 4.27. The Morgan fingerprint density at radius 1 is 1.44 bits per heavy atom. The van der Waals surface area contributed by atoms with Crippen molar-refractivity contribution >= 4 is 0 Å². The minimum absolute atomic E-state index is 0.683. The molecule has 0 aliphatic heterocycles. The van der Waals surface area contributed by atoms with Crippen LogP contribution in [0.25, 0.3) is 0 Å². The van der Waals surface area contributed by atoms with E-state index in [1.54, 1.807) is 0 Å². The summed E-state index contributed by atoms with van der Waals surface area (Å²) in [7, 11) is 0. The van der Waals surface area contributed by atoms with E-state index in [-0.39, 0.29) is 0 Å². The van der Waals surface area contributed by atoms with Gasteiger partial charge in [0.15, 0.2) is 0 Å². The van der Waals surface area contributed by atoms with Gasteiger partial charge in [0.25, 0.3) is 0 Å². The summed E-state index contributed by atoms with van der Waals surface area (Å²) in [5.74, 6) is 0.683. The van der Waals surface area contributed by atoms with Gasteiger partial charge in [-0.2, -0.15) is 0 Å². The lowest BCUT2D eigenvalue weighted by atomic mass is 10.2. The van der Waals surface area contributed by atoms with Gasteiger partial charge in [-0.1, -0.05) is 26.0 Å². The number of allylic oxidation sites excluding steroid dienone is 2. The van der Waals surface area contributed by atoms with E-state index in [9.17, 15) is 0 Å². The summed E-state index contributed by atoms with van der Waals surface area (Å²) < 4.78 is 0. The van der Waals surface area contributed by atoms with Crippen LogP contribution in [0.3, 0.4) is 0 Å². The van der Waals surface area contributed by atoms with Gasteiger partial charge in [-0.05, 0) is 25.3 Å². The van der Waals surface area contributed by atoms with Crippen LogP contribution < -0.4 is 5.73 Å². The molecule has 0 aliphatic rings. The van der Waals surface area contributed by atoms with Crippen molar-refractivity contribution in [1.82, 2.24) is 0 Å². The second kappa shape index (κ2) is 5.83. The molecule has 0 rings (SSSR count). The Balaban J connectivity index is 3.04. The van der Waals surface area contributed by atoms with Crippen molar-refractivity contribution in [3.8, 4) is 0 Å². The summed E-state index contributed by atoms with van der Waals surface area (Å²) in [6.07, 6.45) is 6.67. The molecule has 0 fully saturated rings. The fraction of sp³-hybridized carbons (Fsp3) is 0.750. The molecule has 2 N–H and O–H groups in total. The summed E-state index contributed by atoms with van der Waals surface area (Å²) in [5, 5.41) is 0. The van der Waals surface area contributed by atoms with E-state index in [2.05, 4.69) is 26.0 Å². The van der Waals surface area contributed by atoms with Crippen molar-refractivity contribution in [2.75, 3.05) is 6.54 Å². The van der Waals surface area contributed by atoms with Gasteiger partial charge in [0.2, 0.25) is 0 Å². The zero-order valence-electron chi connectivity index (χ0n) is 6.43. The molecule has 0 aromatic heterocycles. The van der Waals surface area contributed by atoms with Crippen molar-refractivity contribution in [3.63, 3.8) is 0 Å². The van der Waals surface area contributed by atoms with Crippen LogP contribution in [0.4, 0.5) is 0 Å². The third-order valence-electron chi connectivity index (χ3n) is 1.10. The summed E-state index contributed by atoms with van der Waals surface area (Å²) in [4.78, 5) is 0. The summed E-state index contributed by atoms with van der Waals surface area (Å²) in [6.45, 7) is 5.17. The maximum absolute atomic E-state index is 5.31. The van der Waals surface area contributed by atoms with Gasteiger partial charge in [0.1, 0.15) is 0 Å². The molecule has 9 heavy (non-hydrogen) atoms. The van der Waals surface area contributed by atoms with Crippen molar-refractivity contribution in [3.05, 3.63) is 12.2 Å². The highest BCUT2D eigenvalue weighted by Crippen LogP contribution is 1.96. The molecule has 0 spiro atoms. The number of hydrogen-bond acceptors (Lipinski definition) is 1. The zero-order valence-corrected chi connectivity index (χ0v) is 6.43. The van der Waals surface area contributed by atoms with Crippen LogP contribution in [0.5, 0.6) is 0 Å². The molecule has 0 aromatic carbocycles. The average molecular weight is 127 g/mol. The molecule has 0 unspecified atom stereocenters. The lowest BCUT2D eigenvalue weighted by Gasteiger charge is -1.92. The Labute approximate surface area is 57.9 Å². The van der Waals surface area contributed by atoms with Crippen LogP contribution in [-0.2, 0) is 0 Å². The molecule has 0 aliphatic carbocycles. The highest BCUT2D eigenvalue weighted by molar-refractivity contribution is 4.83. The lowest BCUT2D eigenvalue weighted by molar-refractivity contribution is 0.806. The van der Waals surface area contributed by atoms with Gasteiger partial charge in [0.05, 0.1) is 0 Å². The van der Waals surface area contributed by atoms with E-state index in [1.807, 2.05) is 0 Å². The van der Waals surface area contributed by atoms with Crippen LogP contribution in [-0.4, -0.2) is 6.54 Å². The second-order valence-corrected chi connectivity index (χ2v) is 2.60. The summed E-state index contributed by atoms with van der Waals surface area (Å²) in [6, 6.07) is 0.